The molecule has 0 unspecified atom stereocenters. The highest BCUT2D eigenvalue weighted by molar-refractivity contribution is 5.79. The minimum atomic E-state index is -0.0319. The van der Waals surface area contributed by atoms with E-state index in [2.05, 4.69) is 53.2 Å². The molecule has 0 radical (unpaired) electrons. The Balaban J connectivity index is 1.82. The first-order chi connectivity index (χ1) is 11.5. The van der Waals surface area contributed by atoms with E-state index < -0.39 is 0 Å². The van der Waals surface area contributed by atoms with E-state index in [1.807, 2.05) is 0 Å². The summed E-state index contributed by atoms with van der Waals surface area (Å²) >= 11 is 0. The third-order valence-electron chi connectivity index (χ3n) is 3.83. The molecule has 1 fully saturated rings. The first-order valence-electron chi connectivity index (χ1n) is 8.76. The maximum atomic E-state index is 5.78. The van der Waals surface area contributed by atoms with Crippen molar-refractivity contribution in [3.8, 4) is 0 Å². The second-order valence-corrected chi connectivity index (χ2v) is 6.94. The monoisotopic (exact) mass is 337 g/mol. The van der Waals surface area contributed by atoms with Crippen LogP contribution in [-0.4, -0.2) is 61.8 Å². The summed E-state index contributed by atoms with van der Waals surface area (Å²) in [5, 5.41) is 6.62. The van der Waals surface area contributed by atoms with E-state index in [0.717, 1.165) is 57.7 Å². The summed E-state index contributed by atoms with van der Waals surface area (Å²) in [5.74, 6) is 2.32. The standard InChI is InChI=1S/C17H31N5O2/c1-5-18-16(19-6-7-22-8-10-23-11-9-22)21-13-15-20-12-14(24-15)17(2,3)4/h12H,5-11,13H2,1-4H3,(H2,18,19,21). The van der Waals surface area contributed by atoms with Crippen molar-refractivity contribution >= 4 is 5.96 Å². The summed E-state index contributed by atoms with van der Waals surface area (Å²) in [6.45, 7) is 15.1. The predicted octanol–water partition coefficient (Wildman–Crippen LogP) is 1.36. The quantitative estimate of drug-likeness (QED) is 0.603. The summed E-state index contributed by atoms with van der Waals surface area (Å²) in [6, 6.07) is 0. The Hall–Kier alpha value is -1.60. The van der Waals surface area contributed by atoms with Crippen LogP contribution in [0, 0.1) is 0 Å². The van der Waals surface area contributed by atoms with E-state index in [0.29, 0.717) is 12.4 Å². The summed E-state index contributed by atoms with van der Waals surface area (Å²) in [5.41, 5.74) is -0.0319. The molecule has 7 nitrogen and oxygen atoms in total. The minimum Gasteiger partial charge on any atom is -0.443 e. The van der Waals surface area contributed by atoms with Crippen molar-refractivity contribution in [2.45, 2.75) is 39.7 Å². The van der Waals surface area contributed by atoms with Crippen LogP contribution in [-0.2, 0) is 16.7 Å². The van der Waals surface area contributed by atoms with Gasteiger partial charge < -0.3 is 19.8 Å². The Bertz CT molecular complexity index is 515. The summed E-state index contributed by atoms with van der Waals surface area (Å²) < 4.78 is 11.1. The predicted molar refractivity (Wildman–Crippen MR) is 95.3 cm³/mol. The lowest BCUT2D eigenvalue weighted by atomic mass is 9.94. The zero-order chi connectivity index (χ0) is 17.4. The zero-order valence-corrected chi connectivity index (χ0v) is 15.4. The Kier molecular flexibility index (Phi) is 7.05. The lowest BCUT2D eigenvalue weighted by Gasteiger charge is -2.26. The number of nitrogens with one attached hydrogen (secondary N) is 2. The molecule has 0 atom stereocenters. The zero-order valence-electron chi connectivity index (χ0n) is 15.4. The van der Waals surface area contributed by atoms with Gasteiger partial charge in [0.25, 0.3) is 0 Å². The Morgan fingerprint density at radius 3 is 2.67 bits per heavy atom. The van der Waals surface area contributed by atoms with E-state index >= 15 is 0 Å². The number of ether oxygens (including phenoxy) is 1. The fraction of sp³-hybridized carbons (Fsp3) is 0.765. The van der Waals surface area contributed by atoms with Crippen LogP contribution in [0.2, 0.25) is 0 Å². The largest absolute Gasteiger partial charge is 0.443 e. The fourth-order valence-corrected chi connectivity index (χ4v) is 2.38. The molecule has 1 aromatic rings. The van der Waals surface area contributed by atoms with E-state index in [9.17, 15) is 0 Å². The topological polar surface area (TPSA) is 74.9 Å². The van der Waals surface area contributed by atoms with Crippen LogP contribution in [0.5, 0.6) is 0 Å². The summed E-state index contributed by atoms with van der Waals surface area (Å²) in [7, 11) is 0. The van der Waals surface area contributed by atoms with Crippen molar-refractivity contribution in [3.05, 3.63) is 17.8 Å². The molecule has 24 heavy (non-hydrogen) atoms. The van der Waals surface area contributed by atoms with Gasteiger partial charge in [-0.3, -0.25) is 4.90 Å². The number of aliphatic imine (C=N–C) groups is 1. The number of nitrogens with zero attached hydrogens (tertiary/aromatic N) is 3. The molecule has 2 heterocycles. The van der Waals surface area contributed by atoms with Gasteiger partial charge in [-0.15, -0.1) is 0 Å². The van der Waals surface area contributed by atoms with E-state index in [4.69, 9.17) is 9.15 Å². The molecule has 0 bridgehead atoms. The SMILES string of the molecule is CCNC(=NCc1ncc(C(C)(C)C)o1)NCCN1CCOCC1. The fourth-order valence-electron chi connectivity index (χ4n) is 2.38. The lowest BCUT2D eigenvalue weighted by Crippen LogP contribution is -2.44. The molecule has 0 saturated carbocycles. The van der Waals surface area contributed by atoms with Crippen molar-refractivity contribution in [1.29, 1.82) is 0 Å². The average Bonchev–Trinajstić information content (AvgIpc) is 3.03. The van der Waals surface area contributed by atoms with Gasteiger partial charge in [-0.2, -0.15) is 0 Å². The maximum absolute atomic E-state index is 5.78. The van der Waals surface area contributed by atoms with Crippen LogP contribution in [0.1, 0.15) is 39.3 Å². The molecular weight excluding hydrogens is 306 g/mol. The van der Waals surface area contributed by atoms with Crippen LogP contribution in [0.3, 0.4) is 0 Å². The van der Waals surface area contributed by atoms with Crippen molar-refractivity contribution in [2.24, 2.45) is 4.99 Å². The van der Waals surface area contributed by atoms with Gasteiger partial charge in [-0.25, -0.2) is 9.98 Å². The number of hydrogen-bond acceptors (Lipinski definition) is 5. The van der Waals surface area contributed by atoms with Gasteiger partial charge in [0.1, 0.15) is 12.3 Å². The average molecular weight is 337 g/mol. The van der Waals surface area contributed by atoms with Crippen LogP contribution >= 0.6 is 0 Å². The Morgan fingerprint density at radius 2 is 2.04 bits per heavy atom. The van der Waals surface area contributed by atoms with Gasteiger partial charge in [0, 0.05) is 38.1 Å². The highest BCUT2D eigenvalue weighted by Gasteiger charge is 2.19. The van der Waals surface area contributed by atoms with Crippen molar-refractivity contribution in [3.63, 3.8) is 0 Å². The molecule has 0 spiro atoms. The van der Waals surface area contributed by atoms with E-state index in [1.165, 1.54) is 0 Å². The van der Waals surface area contributed by atoms with Crippen LogP contribution < -0.4 is 10.6 Å². The van der Waals surface area contributed by atoms with Crippen LogP contribution in [0.15, 0.2) is 15.6 Å². The van der Waals surface area contributed by atoms with Gasteiger partial charge >= 0.3 is 0 Å². The first-order valence-corrected chi connectivity index (χ1v) is 8.76. The van der Waals surface area contributed by atoms with Crippen molar-refractivity contribution in [2.75, 3.05) is 45.9 Å². The van der Waals surface area contributed by atoms with Gasteiger partial charge in [-0.1, -0.05) is 20.8 Å². The van der Waals surface area contributed by atoms with E-state index in [-0.39, 0.29) is 5.41 Å². The summed E-state index contributed by atoms with van der Waals surface area (Å²) in [4.78, 5) is 11.3. The number of hydrogen-bond donors (Lipinski definition) is 2. The van der Waals surface area contributed by atoms with Crippen molar-refractivity contribution < 1.29 is 9.15 Å². The molecule has 2 N–H and O–H groups in total. The number of guanidine groups is 1. The maximum Gasteiger partial charge on any atom is 0.216 e. The molecule has 0 aliphatic carbocycles. The number of rotatable bonds is 6. The molecule has 0 aromatic carbocycles. The number of aromatic nitrogens is 1. The lowest BCUT2D eigenvalue weighted by molar-refractivity contribution is 0.0389. The number of morpholine rings is 1. The molecule has 0 amide bonds. The van der Waals surface area contributed by atoms with Crippen LogP contribution in [0.4, 0.5) is 0 Å². The number of oxazole rings is 1. The molecule has 7 heteroatoms. The second-order valence-electron chi connectivity index (χ2n) is 6.94. The highest BCUT2D eigenvalue weighted by atomic mass is 16.5. The van der Waals surface area contributed by atoms with Crippen molar-refractivity contribution in [1.82, 2.24) is 20.5 Å². The highest BCUT2D eigenvalue weighted by Crippen LogP contribution is 2.22. The Morgan fingerprint density at radius 1 is 1.29 bits per heavy atom. The molecule has 1 aromatic heterocycles. The summed E-state index contributed by atoms with van der Waals surface area (Å²) in [6.07, 6.45) is 1.80. The minimum absolute atomic E-state index is 0.0319. The Labute approximate surface area is 144 Å². The van der Waals surface area contributed by atoms with Gasteiger partial charge in [0.2, 0.25) is 5.89 Å². The van der Waals surface area contributed by atoms with Gasteiger partial charge in [0.05, 0.1) is 19.4 Å². The molecule has 1 saturated heterocycles. The molecule has 1 aliphatic rings. The van der Waals surface area contributed by atoms with Crippen LogP contribution in [0.25, 0.3) is 0 Å². The molecule has 1 aliphatic heterocycles. The van der Waals surface area contributed by atoms with Gasteiger partial charge in [-0.05, 0) is 6.92 Å². The normalized spacial score (nSPS) is 17.1. The van der Waals surface area contributed by atoms with Gasteiger partial charge in [0.15, 0.2) is 5.96 Å². The molecule has 2 rings (SSSR count). The molecular formula is C17H31N5O2. The smallest absolute Gasteiger partial charge is 0.216 e. The third-order valence-corrected chi connectivity index (χ3v) is 3.83. The third kappa shape index (κ3) is 6.13. The second kappa shape index (κ2) is 9.03. The first kappa shape index (κ1) is 18.7. The molecule has 136 valence electrons. The van der Waals surface area contributed by atoms with E-state index in [1.54, 1.807) is 6.20 Å².